The Labute approximate surface area is 200 Å². The first-order chi connectivity index (χ1) is 16.5. The molecule has 1 aliphatic rings. The number of hydrogen-bond donors (Lipinski definition) is 1. The first-order valence-electron chi connectivity index (χ1n) is 11.3. The summed E-state index contributed by atoms with van der Waals surface area (Å²) in [5.74, 6) is -0.331. The number of nitrogens with one attached hydrogen (secondary N) is 1. The lowest BCUT2D eigenvalue weighted by Crippen LogP contribution is -2.44. The standard InChI is InChI=1S/C27H29NO5S/c1-3-7-26-24(16-27(33-26)23-11-6-9-20-8-4-5-10-22(20)23)25(17-29)28-34(30,31)21-14-12-19(13-15-21)18-32-2/h3-6,8-15,17,24-28H,1,7,16,18H2,2H3/t24?,25?,26-,27?/m0/s1. The Morgan fingerprint density at radius 2 is 1.85 bits per heavy atom. The molecule has 1 saturated heterocycles. The van der Waals surface area contributed by atoms with Crippen LogP contribution in [-0.2, 0) is 30.9 Å². The fourth-order valence-corrected chi connectivity index (χ4v) is 5.88. The minimum atomic E-state index is -3.90. The lowest BCUT2D eigenvalue weighted by Gasteiger charge is -2.23. The van der Waals surface area contributed by atoms with E-state index in [4.69, 9.17) is 9.47 Å². The molecule has 3 aromatic carbocycles. The topological polar surface area (TPSA) is 81.7 Å². The van der Waals surface area contributed by atoms with Crippen LogP contribution in [0.1, 0.15) is 30.1 Å². The Hall–Kier alpha value is -2.84. The number of aldehydes is 1. The molecule has 0 radical (unpaired) electrons. The van der Waals surface area contributed by atoms with Crippen molar-refractivity contribution in [2.75, 3.05) is 7.11 Å². The van der Waals surface area contributed by atoms with Crippen molar-refractivity contribution < 1.29 is 22.7 Å². The highest BCUT2D eigenvalue weighted by molar-refractivity contribution is 7.89. The van der Waals surface area contributed by atoms with Crippen LogP contribution in [0.15, 0.2) is 84.3 Å². The summed E-state index contributed by atoms with van der Waals surface area (Å²) >= 11 is 0. The normalized spacial score (nSPS) is 21.4. The molecule has 0 amide bonds. The van der Waals surface area contributed by atoms with E-state index in [1.807, 2.05) is 36.4 Å². The van der Waals surface area contributed by atoms with Crippen molar-refractivity contribution in [2.24, 2.45) is 5.92 Å². The fraction of sp³-hybridized carbons (Fsp3) is 0.296. The number of carbonyl (C=O) groups is 1. The van der Waals surface area contributed by atoms with Crippen molar-refractivity contribution in [1.29, 1.82) is 0 Å². The summed E-state index contributed by atoms with van der Waals surface area (Å²) in [7, 11) is -2.32. The number of methoxy groups -OCH3 is 1. The molecule has 0 aliphatic carbocycles. The highest BCUT2D eigenvalue weighted by atomic mass is 32.2. The number of sulfonamides is 1. The van der Waals surface area contributed by atoms with Crippen LogP contribution >= 0.6 is 0 Å². The summed E-state index contributed by atoms with van der Waals surface area (Å²) in [6.45, 7) is 4.21. The van der Waals surface area contributed by atoms with Crippen LogP contribution < -0.4 is 4.72 Å². The zero-order valence-corrected chi connectivity index (χ0v) is 19.9. The molecule has 1 fully saturated rings. The van der Waals surface area contributed by atoms with Gasteiger partial charge < -0.3 is 14.3 Å². The van der Waals surface area contributed by atoms with Gasteiger partial charge in [0.15, 0.2) is 0 Å². The molecule has 0 saturated carbocycles. The minimum absolute atomic E-state index is 0.101. The van der Waals surface area contributed by atoms with Crippen molar-refractivity contribution in [1.82, 2.24) is 4.72 Å². The Kier molecular flexibility index (Phi) is 7.58. The Morgan fingerprint density at radius 1 is 1.12 bits per heavy atom. The Balaban J connectivity index is 1.58. The summed E-state index contributed by atoms with van der Waals surface area (Å²) < 4.78 is 40.2. The number of hydrogen-bond acceptors (Lipinski definition) is 5. The number of rotatable bonds is 10. The van der Waals surface area contributed by atoms with Crippen LogP contribution in [-0.4, -0.2) is 34.0 Å². The van der Waals surface area contributed by atoms with Gasteiger partial charge in [-0.1, -0.05) is 60.7 Å². The maximum Gasteiger partial charge on any atom is 0.241 e. The average molecular weight is 480 g/mol. The van der Waals surface area contributed by atoms with E-state index in [0.29, 0.717) is 25.7 Å². The lowest BCUT2D eigenvalue weighted by atomic mass is 9.88. The predicted molar refractivity (Wildman–Crippen MR) is 132 cm³/mol. The van der Waals surface area contributed by atoms with Gasteiger partial charge >= 0.3 is 0 Å². The summed E-state index contributed by atoms with van der Waals surface area (Å²) in [5, 5.41) is 2.20. The third-order valence-corrected chi connectivity index (χ3v) is 7.79. The van der Waals surface area contributed by atoms with Gasteiger partial charge in [0.05, 0.1) is 29.8 Å². The molecule has 4 rings (SSSR count). The second-order valence-electron chi connectivity index (χ2n) is 8.52. The zero-order valence-electron chi connectivity index (χ0n) is 19.1. The van der Waals surface area contributed by atoms with Gasteiger partial charge in [-0.2, -0.15) is 0 Å². The van der Waals surface area contributed by atoms with Gasteiger partial charge in [-0.3, -0.25) is 0 Å². The van der Waals surface area contributed by atoms with Gasteiger partial charge in [0.25, 0.3) is 0 Å². The fourth-order valence-electron chi connectivity index (χ4n) is 4.67. The molecule has 3 aromatic rings. The molecular formula is C27H29NO5S. The SMILES string of the molecule is C=CC[C@@H]1OC(c2cccc3ccccc23)CC1C(C=O)NS(=O)(=O)c1ccc(COC)cc1. The summed E-state index contributed by atoms with van der Waals surface area (Å²) in [4.78, 5) is 12.2. The van der Waals surface area contributed by atoms with E-state index in [2.05, 4.69) is 17.4 Å². The zero-order chi connectivity index (χ0) is 24.1. The maximum atomic E-state index is 13.1. The smallest absolute Gasteiger partial charge is 0.241 e. The molecule has 1 aliphatic heterocycles. The van der Waals surface area contributed by atoms with Crippen LogP contribution in [0.25, 0.3) is 10.8 Å². The van der Waals surface area contributed by atoms with E-state index in [1.54, 1.807) is 25.3 Å². The number of ether oxygens (including phenoxy) is 2. The first-order valence-corrected chi connectivity index (χ1v) is 12.7. The van der Waals surface area contributed by atoms with E-state index in [1.165, 1.54) is 12.1 Å². The van der Waals surface area contributed by atoms with Crippen molar-refractivity contribution in [3.05, 3.63) is 90.5 Å². The predicted octanol–water partition coefficient (Wildman–Crippen LogP) is 4.55. The number of fused-ring (bicyclic) bond motifs is 1. The van der Waals surface area contributed by atoms with Crippen LogP contribution in [0, 0.1) is 5.92 Å². The first kappa shape index (κ1) is 24.3. The van der Waals surface area contributed by atoms with Crippen molar-refractivity contribution >= 4 is 27.1 Å². The third kappa shape index (κ3) is 5.13. The van der Waals surface area contributed by atoms with Crippen LogP contribution in [0.5, 0.6) is 0 Å². The molecule has 178 valence electrons. The van der Waals surface area contributed by atoms with E-state index in [-0.39, 0.29) is 23.0 Å². The molecule has 6 nitrogen and oxygen atoms in total. The minimum Gasteiger partial charge on any atom is -0.380 e. The second-order valence-corrected chi connectivity index (χ2v) is 10.2. The summed E-state index contributed by atoms with van der Waals surface area (Å²) in [6, 6.07) is 19.7. The van der Waals surface area contributed by atoms with E-state index < -0.39 is 16.1 Å². The lowest BCUT2D eigenvalue weighted by molar-refractivity contribution is -0.110. The molecule has 7 heteroatoms. The number of benzene rings is 3. The molecule has 4 atom stereocenters. The van der Waals surface area contributed by atoms with E-state index >= 15 is 0 Å². The molecule has 1 N–H and O–H groups in total. The molecule has 0 aromatic heterocycles. The van der Waals surface area contributed by atoms with Crippen LogP contribution in [0.2, 0.25) is 0 Å². The molecule has 0 spiro atoms. The van der Waals surface area contributed by atoms with Crippen molar-refractivity contribution in [2.45, 2.75) is 42.6 Å². The summed E-state index contributed by atoms with van der Waals surface area (Å²) in [6.07, 6.45) is 2.87. The summed E-state index contributed by atoms with van der Waals surface area (Å²) in [5.41, 5.74) is 1.90. The Morgan fingerprint density at radius 3 is 2.56 bits per heavy atom. The highest BCUT2D eigenvalue weighted by Gasteiger charge is 2.41. The monoisotopic (exact) mass is 479 g/mol. The van der Waals surface area contributed by atoms with E-state index in [9.17, 15) is 13.2 Å². The average Bonchev–Trinajstić information content (AvgIpc) is 3.26. The molecule has 3 unspecified atom stereocenters. The largest absolute Gasteiger partial charge is 0.380 e. The van der Waals surface area contributed by atoms with Crippen LogP contribution in [0.4, 0.5) is 0 Å². The Bertz CT molecular complexity index is 1250. The van der Waals surface area contributed by atoms with Crippen molar-refractivity contribution in [3.8, 4) is 0 Å². The van der Waals surface area contributed by atoms with Gasteiger partial charge in [0.2, 0.25) is 10.0 Å². The van der Waals surface area contributed by atoms with Gasteiger partial charge in [0.1, 0.15) is 6.29 Å². The van der Waals surface area contributed by atoms with Crippen LogP contribution in [0.3, 0.4) is 0 Å². The van der Waals surface area contributed by atoms with Gasteiger partial charge in [-0.25, -0.2) is 13.1 Å². The molecule has 1 heterocycles. The molecule has 34 heavy (non-hydrogen) atoms. The quantitative estimate of drug-likeness (QED) is 0.341. The van der Waals surface area contributed by atoms with E-state index in [0.717, 1.165) is 21.9 Å². The third-order valence-electron chi connectivity index (χ3n) is 6.32. The van der Waals surface area contributed by atoms with Gasteiger partial charge in [0, 0.05) is 13.0 Å². The second kappa shape index (κ2) is 10.6. The highest BCUT2D eigenvalue weighted by Crippen LogP contribution is 2.42. The van der Waals surface area contributed by atoms with Gasteiger partial charge in [-0.05, 0) is 46.9 Å². The number of carbonyl (C=O) groups excluding carboxylic acids is 1. The maximum absolute atomic E-state index is 13.1. The molecule has 0 bridgehead atoms. The van der Waals surface area contributed by atoms with Gasteiger partial charge in [-0.15, -0.1) is 6.58 Å². The molecular weight excluding hydrogens is 450 g/mol. The van der Waals surface area contributed by atoms with Crippen molar-refractivity contribution in [3.63, 3.8) is 0 Å².